The molecule has 0 saturated carbocycles. The number of nitrogens with zero attached hydrogens (tertiary/aromatic N) is 3. The van der Waals surface area contributed by atoms with E-state index in [1.54, 1.807) is 5.38 Å². The van der Waals surface area contributed by atoms with Crippen LogP contribution in [0.2, 0.25) is 0 Å². The molecule has 2 rings (SSSR count). The Morgan fingerprint density at radius 1 is 1.80 bits per heavy atom. The summed E-state index contributed by atoms with van der Waals surface area (Å²) in [5.74, 6) is 0.0153. The zero-order chi connectivity index (χ0) is 10.7. The van der Waals surface area contributed by atoms with Gasteiger partial charge in [-0.05, 0) is 31.4 Å². The van der Waals surface area contributed by atoms with Crippen LogP contribution >= 0.6 is 11.5 Å². The van der Waals surface area contributed by atoms with E-state index in [9.17, 15) is 4.79 Å². The fourth-order valence-corrected chi connectivity index (χ4v) is 2.39. The third kappa shape index (κ3) is 2.15. The number of amides is 1. The molecule has 5 nitrogen and oxygen atoms in total. The fourth-order valence-electron chi connectivity index (χ4n) is 1.96. The number of likely N-dealkylation sites (N-methyl/N-ethyl adjacent to an activating group) is 1. The topological polar surface area (TPSA) is 58.1 Å². The molecule has 0 radical (unpaired) electrons. The first-order chi connectivity index (χ1) is 7.33. The second-order valence-electron chi connectivity index (χ2n) is 3.64. The monoisotopic (exact) mass is 226 g/mol. The Morgan fingerprint density at radius 3 is 3.33 bits per heavy atom. The molecule has 0 bridgehead atoms. The van der Waals surface area contributed by atoms with Gasteiger partial charge >= 0.3 is 0 Å². The zero-order valence-electron chi connectivity index (χ0n) is 8.64. The Bertz CT molecular complexity index is 327. The van der Waals surface area contributed by atoms with Gasteiger partial charge in [0.25, 0.3) is 5.91 Å². The highest BCUT2D eigenvalue weighted by Crippen LogP contribution is 2.19. The maximum absolute atomic E-state index is 12.0. The molecule has 82 valence electrons. The number of aromatic nitrogens is 2. The maximum Gasteiger partial charge on any atom is 0.275 e. The number of carbonyl (C=O) groups is 1. The van der Waals surface area contributed by atoms with E-state index < -0.39 is 0 Å². The fraction of sp³-hybridized carbons (Fsp3) is 0.667. The molecule has 1 aromatic rings. The quantitative estimate of drug-likeness (QED) is 0.808. The minimum absolute atomic E-state index is 0.0153. The van der Waals surface area contributed by atoms with Gasteiger partial charge in [0.15, 0.2) is 5.69 Å². The van der Waals surface area contributed by atoms with Crippen molar-refractivity contribution in [3.8, 4) is 0 Å². The molecule has 1 aromatic heterocycles. The molecule has 1 saturated heterocycles. The Kier molecular flexibility index (Phi) is 3.27. The molecule has 1 unspecified atom stereocenters. The van der Waals surface area contributed by atoms with Crippen LogP contribution in [0.1, 0.15) is 23.3 Å². The molecule has 0 aromatic carbocycles. The third-order valence-electron chi connectivity index (χ3n) is 2.66. The summed E-state index contributed by atoms with van der Waals surface area (Å²) in [6.07, 6.45) is 2.15. The summed E-state index contributed by atoms with van der Waals surface area (Å²) in [5, 5.41) is 8.63. The molecule has 2 heterocycles. The smallest absolute Gasteiger partial charge is 0.275 e. The molecule has 0 aliphatic carbocycles. The molecule has 1 aliphatic rings. The van der Waals surface area contributed by atoms with Crippen LogP contribution in [0.5, 0.6) is 0 Å². The standard InChI is InChI=1S/C9H14N4OS/c1-10-5-7-3-2-4-13(7)9(14)8-6-15-12-11-8/h6-7,10H,2-5H2,1H3. The Balaban J connectivity index is 2.06. The van der Waals surface area contributed by atoms with E-state index in [1.165, 1.54) is 11.5 Å². The second-order valence-corrected chi connectivity index (χ2v) is 4.25. The predicted molar refractivity (Wildman–Crippen MR) is 57.9 cm³/mol. The molecule has 1 atom stereocenters. The highest BCUT2D eigenvalue weighted by atomic mass is 32.1. The molecular weight excluding hydrogens is 212 g/mol. The number of rotatable bonds is 3. The summed E-state index contributed by atoms with van der Waals surface area (Å²) < 4.78 is 3.71. The average Bonchev–Trinajstić information content (AvgIpc) is 2.87. The summed E-state index contributed by atoms with van der Waals surface area (Å²) in [5.41, 5.74) is 0.475. The SMILES string of the molecule is CNCC1CCCN1C(=O)c1csnn1. The van der Waals surface area contributed by atoms with Crippen LogP contribution in [-0.4, -0.2) is 46.6 Å². The number of nitrogens with one attached hydrogen (secondary N) is 1. The Labute approximate surface area is 92.6 Å². The van der Waals surface area contributed by atoms with E-state index in [4.69, 9.17) is 0 Å². The van der Waals surface area contributed by atoms with Crippen molar-refractivity contribution < 1.29 is 4.79 Å². The summed E-state index contributed by atoms with van der Waals surface area (Å²) in [7, 11) is 1.91. The van der Waals surface area contributed by atoms with E-state index in [2.05, 4.69) is 14.9 Å². The van der Waals surface area contributed by atoms with Crippen LogP contribution in [0, 0.1) is 0 Å². The average molecular weight is 226 g/mol. The molecule has 1 fully saturated rings. The number of likely N-dealkylation sites (tertiary alicyclic amines) is 1. The first kappa shape index (κ1) is 10.5. The van der Waals surface area contributed by atoms with Crippen LogP contribution < -0.4 is 5.32 Å². The van der Waals surface area contributed by atoms with Crippen molar-refractivity contribution in [1.82, 2.24) is 19.8 Å². The van der Waals surface area contributed by atoms with Gasteiger partial charge in [-0.1, -0.05) is 4.49 Å². The van der Waals surface area contributed by atoms with E-state index in [0.717, 1.165) is 25.9 Å². The van der Waals surface area contributed by atoms with Gasteiger partial charge in [0.1, 0.15) is 0 Å². The van der Waals surface area contributed by atoms with Crippen molar-refractivity contribution in [3.05, 3.63) is 11.1 Å². The van der Waals surface area contributed by atoms with Crippen LogP contribution in [0.15, 0.2) is 5.38 Å². The van der Waals surface area contributed by atoms with Crippen LogP contribution in [-0.2, 0) is 0 Å². The Hall–Kier alpha value is -1.01. The van der Waals surface area contributed by atoms with Crippen LogP contribution in [0.3, 0.4) is 0 Å². The highest BCUT2D eigenvalue weighted by molar-refractivity contribution is 7.03. The lowest BCUT2D eigenvalue weighted by atomic mass is 10.2. The number of hydrogen-bond donors (Lipinski definition) is 1. The van der Waals surface area contributed by atoms with Gasteiger partial charge in [0.05, 0.1) is 0 Å². The minimum Gasteiger partial charge on any atom is -0.333 e. The predicted octanol–water partition coefficient (Wildman–Crippen LogP) is 0.362. The number of hydrogen-bond acceptors (Lipinski definition) is 5. The molecule has 6 heteroatoms. The Morgan fingerprint density at radius 2 is 2.67 bits per heavy atom. The largest absolute Gasteiger partial charge is 0.333 e. The van der Waals surface area contributed by atoms with E-state index in [0.29, 0.717) is 11.7 Å². The summed E-state index contributed by atoms with van der Waals surface area (Å²) in [6, 6.07) is 0.309. The number of carbonyl (C=O) groups excluding carboxylic acids is 1. The van der Waals surface area contributed by atoms with Crippen LogP contribution in [0.25, 0.3) is 0 Å². The minimum atomic E-state index is 0.0153. The van der Waals surface area contributed by atoms with Gasteiger partial charge in [-0.2, -0.15) is 0 Å². The van der Waals surface area contributed by atoms with Gasteiger partial charge in [-0.3, -0.25) is 4.79 Å². The highest BCUT2D eigenvalue weighted by Gasteiger charge is 2.29. The molecule has 1 amide bonds. The molecule has 0 spiro atoms. The molecule has 1 N–H and O–H groups in total. The van der Waals surface area contributed by atoms with Crippen molar-refractivity contribution in [2.45, 2.75) is 18.9 Å². The van der Waals surface area contributed by atoms with Crippen molar-refractivity contribution in [3.63, 3.8) is 0 Å². The van der Waals surface area contributed by atoms with E-state index in [1.807, 2.05) is 11.9 Å². The second kappa shape index (κ2) is 4.67. The first-order valence-corrected chi connectivity index (χ1v) is 5.89. The van der Waals surface area contributed by atoms with E-state index in [-0.39, 0.29) is 5.91 Å². The van der Waals surface area contributed by atoms with Crippen molar-refractivity contribution >= 4 is 17.4 Å². The lowest BCUT2D eigenvalue weighted by molar-refractivity contribution is 0.0731. The first-order valence-electron chi connectivity index (χ1n) is 5.05. The lowest BCUT2D eigenvalue weighted by Gasteiger charge is -2.23. The lowest BCUT2D eigenvalue weighted by Crippen LogP contribution is -2.40. The maximum atomic E-state index is 12.0. The summed E-state index contributed by atoms with van der Waals surface area (Å²) >= 11 is 1.22. The molecule has 15 heavy (non-hydrogen) atoms. The van der Waals surface area contributed by atoms with Crippen molar-refractivity contribution in [2.75, 3.05) is 20.1 Å². The third-order valence-corrected chi connectivity index (χ3v) is 3.16. The van der Waals surface area contributed by atoms with Crippen molar-refractivity contribution in [2.24, 2.45) is 0 Å². The van der Waals surface area contributed by atoms with Gasteiger partial charge in [0.2, 0.25) is 0 Å². The van der Waals surface area contributed by atoms with Gasteiger partial charge in [-0.15, -0.1) is 5.10 Å². The normalized spacial score (nSPS) is 20.9. The molecular formula is C9H14N4OS. The van der Waals surface area contributed by atoms with E-state index >= 15 is 0 Å². The van der Waals surface area contributed by atoms with Gasteiger partial charge < -0.3 is 10.2 Å². The molecule has 1 aliphatic heterocycles. The summed E-state index contributed by atoms with van der Waals surface area (Å²) in [4.78, 5) is 13.9. The summed E-state index contributed by atoms with van der Waals surface area (Å²) in [6.45, 7) is 1.69. The van der Waals surface area contributed by atoms with Gasteiger partial charge in [0, 0.05) is 24.5 Å². The van der Waals surface area contributed by atoms with Gasteiger partial charge in [-0.25, -0.2) is 0 Å². The van der Waals surface area contributed by atoms with Crippen molar-refractivity contribution in [1.29, 1.82) is 0 Å². The van der Waals surface area contributed by atoms with Crippen LogP contribution in [0.4, 0.5) is 0 Å². The zero-order valence-corrected chi connectivity index (χ0v) is 9.46.